The topological polar surface area (TPSA) is 114 Å². The van der Waals surface area contributed by atoms with E-state index in [1.807, 2.05) is 39.4 Å². The van der Waals surface area contributed by atoms with E-state index >= 15 is 0 Å². The number of esters is 1. The van der Waals surface area contributed by atoms with E-state index in [0.29, 0.717) is 23.9 Å². The van der Waals surface area contributed by atoms with Crippen molar-refractivity contribution in [3.05, 3.63) is 97.2 Å². The van der Waals surface area contributed by atoms with Crippen LogP contribution in [0.15, 0.2) is 97.2 Å². The van der Waals surface area contributed by atoms with Crippen LogP contribution in [0.5, 0.6) is 0 Å². The number of allylic oxidation sites excluding steroid dienone is 15. The van der Waals surface area contributed by atoms with E-state index in [2.05, 4.69) is 99.0 Å². The fourth-order valence-electron chi connectivity index (χ4n) is 7.95. The summed E-state index contributed by atoms with van der Waals surface area (Å²) in [4.78, 5) is 39.8. The summed E-state index contributed by atoms with van der Waals surface area (Å²) in [7, 11) is 1.13. The number of quaternary nitrogens is 1. The molecule has 0 rings (SSSR count). The zero-order valence-electron chi connectivity index (χ0n) is 47.8. The molecule has 0 fully saturated rings. The van der Waals surface area contributed by atoms with E-state index in [-0.39, 0.29) is 31.3 Å². The van der Waals surface area contributed by atoms with Crippen molar-refractivity contribution in [3.8, 4) is 0 Å². The maximum absolute atomic E-state index is 13.5. The molecule has 73 heavy (non-hydrogen) atoms. The maximum atomic E-state index is 13.5. The van der Waals surface area contributed by atoms with Crippen LogP contribution in [0.3, 0.4) is 0 Å². The van der Waals surface area contributed by atoms with Crippen LogP contribution in [0.4, 0.5) is 0 Å². The zero-order valence-corrected chi connectivity index (χ0v) is 48.7. The second-order valence-electron chi connectivity index (χ2n) is 20.8. The van der Waals surface area contributed by atoms with Gasteiger partial charge in [-0.25, -0.2) is 0 Å². The molecule has 0 saturated carbocycles. The summed E-state index contributed by atoms with van der Waals surface area (Å²) in [5.74, 6) is -0.649. The van der Waals surface area contributed by atoms with Gasteiger partial charge in [0.2, 0.25) is 5.91 Å². The SMILES string of the molecule is CC/C=C\C/C=C\C/C=C\C/C=C\C/C=C\C/C=C\CCC(=O)NC(COP(=O)([O-])OCC[N+](C)(C)C)C(/C=C/CCCCCCCCCCC)OC(=O)CCCCCCCCC/C=C/CCCCCCCC. The van der Waals surface area contributed by atoms with E-state index < -0.39 is 26.6 Å². The first-order valence-electron chi connectivity index (χ1n) is 29.5. The summed E-state index contributed by atoms with van der Waals surface area (Å²) >= 11 is 0. The first kappa shape index (κ1) is 69.9. The highest BCUT2D eigenvalue weighted by molar-refractivity contribution is 7.45. The van der Waals surface area contributed by atoms with E-state index in [9.17, 15) is 19.0 Å². The monoisotopic (exact) mass is 1040 g/mol. The summed E-state index contributed by atoms with van der Waals surface area (Å²) in [6.07, 6.45) is 69.6. The van der Waals surface area contributed by atoms with Gasteiger partial charge in [0.1, 0.15) is 19.3 Å². The Morgan fingerprint density at radius 2 is 0.890 bits per heavy atom. The Morgan fingerprint density at radius 1 is 0.493 bits per heavy atom. The van der Waals surface area contributed by atoms with Gasteiger partial charge < -0.3 is 28.5 Å². The molecule has 0 heterocycles. The third kappa shape index (κ3) is 53.6. The highest BCUT2D eigenvalue weighted by atomic mass is 31.2. The average molecular weight is 1040 g/mol. The maximum Gasteiger partial charge on any atom is 0.306 e. The van der Waals surface area contributed by atoms with E-state index in [1.54, 1.807) is 6.08 Å². The number of amides is 1. The van der Waals surface area contributed by atoms with Crippen LogP contribution >= 0.6 is 7.82 Å². The minimum Gasteiger partial charge on any atom is -0.756 e. The van der Waals surface area contributed by atoms with Crippen LogP contribution < -0.4 is 10.2 Å². The van der Waals surface area contributed by atoms with Crippen molar-refractivity contribution in [1.29, 1.82) is 0 Å². The summed E-state index contributed by atoms with van der Waals surface area (Å²) in [5, 5.41) is 2.97. The number of hydrogen-bond donors (Lipinski definition) is 1. The molecule has 0 aromatic carbocycles. The highest BCUT2D eigenvalue weighted by Crippen LogP contribution is 2.38. The van der Waals surface area contributed by atoms with Gasteiger partial charge in [-0.3, -0.25) is 14.2 Å². The molecule has 3 unspecified atom stereocenters. The number of unbranched alkanes of at least 4 members (excludes halogenated alkanes) is 22. The van der Waals surface area contributed by atoms with E-state index in [4.69, 9.17) is 13.8 Å². The van der Waals surface area contributed by atoms with Crippen molar-refractivity contribution in [2.45, 2.75) is 251 Å². The predicted octanol–water partition coefficient (Wildman–Crippen LogP) is 17.4. The molecule has 0 aliphatic carbocycles. The van der Waals surface area contributed by atoms with Crippen molar-refractivity contribution >= 4 is 19.7 Å². The lowest BCUT2D eigenvalue weighted by atomic mass is 10.1. The van der Waals surface area contributed by atoms with Crippen molar-refractivity contribution in [2.75, 3.05) is 40.9 Å². The first-order valence-corrected chi connectivity index (χ1v) is 31.0. The van der Waals surface area contributed by atoms with Gasteiger partial charge >= 0.3 is 5.97 Å². The van der Waals surface area contributed by atoms with Crippen LogP contribution in [0, 0.1) is 0 Å². The van der Waals surface area contributed by atoms with Gasteiger partial charge in [-0.2, -0.15) is 0 Å². The molecule has 3 atom stereocenters. The lowest BCUT2D eigenvalue weighted by Crippen LogP contribution is -2.47. The smallest absolute Gasteiger partial charge is 0.306 e. The minimum absolute atomic E-state index is 0.0407. The van der Waals surface area contributed by atoms with Crippen molar-refractivity contribution in [3.63, 3.8) is 0 Å². The summed E-state index contributed by atoms with van der Waals surface area (Å²) < 4.78 is 30.2. The van der Waals surface area contributed by atoms with E-state index in [0.717, 1.165) is 83.5 Å². The normalized spacial score (nSPS) is 14.5. The molecule has 0 aromatic rings. The second kappa shape index (κ2) is 52.4. The number of hydrogen-bond acceptors (Lipinski definition) is 7. The van der Waals surface area contributed by atoms with Crippen LogP contribution in [-0.2, 0) is 27.9 Å². The fraction of sp³-hybridized carbons (Fsp3) is 0.714. The van der Waals surface area contributed by atoms with Gasteiger partial charge in [-0.1, -0.05) is 227 Å². The van der Waals surface area contributed by atoms with Gasteiger partial charge in [0, 0.05) is 12.8 Å². The molecule has 0 aliphatic heterocycles. The molecule has 0 spiro atoms. The Morgan fingerprint density at radius 3 is 1.34 bits per heavy atom. The average Bonchev–Trinajstić information content (AvgIpc) is 3.35. The Bertz CT molecular complexity index is 1570. The lowest BCUT2D eigenvalue weighted by Gasteiger charge is -2.30. The van der Waals surface area contributed by atoms with Crippen LogP contribution in [0.25, 0.3) is 0 Å². The Hall–Kier alpha value is -3.07. The molecule has 9 nitrogen and oxygen atoms in total. The molecule has 0 bridgehead atoms. The third-order valence-electron chi connectivity index (χ3n) is 12.5. The molecule has 1 N–H and O–H groups in total. The number of likely N-dealkylation sites (N-methyl/N-ethyl adjacent to an activating group) is 1. The van der Waals surface area contributed by atoms with Gasteiger partial charge in [0.25, 0.3) is 7.82 Å². The van der Waals surface area contributed by atoms with Crippen molar-refractivity contribution < 1.29 is 37.3 Å². The molecular formula is C63H111N2O7P. The molecule has 0 aromatic heterocycles. The van der Waals surface area contributed by atoms with Gasteiger partial charge in [0.05, 0.1) is 33.8 Å². The first-order chi connectivity index (χ1) is 35.4. The van der Waals surface area contributed by atoms with Crippen LogP contribution in [0.2, 0.25) is 0 Å². The van der Waals surface area contributed by atoms with Crippen LogP contribution in [-0.4, -0.2) is 69.4 Å². The standard InChI is InChI=1S/C63H111N2O7P/c1-7-10-13-16-19-22-25-27-29-31-32-34-35-37-40-43-46-49-52-55-62(66)64-60(59-71-73(68,69)70-58-57-65(4,5)6)61(54-51-48-45-42-39-24-21-18-15-12-9-3)72-63(67)56-53-50-47-44-41-38-36-33-30-28-26-23-20-17-14-11-8-2/h10,13,19,22,27-30,32,34,37,40,46,49,51,54,60-61H,7-9,11-12,14-18,20-21,23-26,31,33,35-36,38-39,41-45,47-48,50,52-53,55-59H2,1-6H3,(H-,64,66,68,69)/b13-10-,22-19-,29-27-,30-28+,34-32-,40-37-,49-46-,54-51+. The number of rotatable bonds is 52. The molecule has 0 aliphatic rings. The Balaban J connectivity index is 5.41. The van der Waals surface area contributed by atoms with Gasteiger partial charge in [0.15, 0.2) is 0 Å². The van der Waals surface area contributed by atoms with Gasteiger partial charge in [-0.05, 0) is 96.0 Å². The number of carbonyl (C=O) groups is 2. The summed E-state index contributed by atoms with van der Waals surface area (Å²) in [6.45, 7) is 6.64. The lowest BCUT2D eigenvalue weighted by molar-refractivity contribution is -0.870. The largest absolute Gasteiger partial charge is 0.756 e. The quantitative estimate of drug-likeness (QED) is 0.0212. The highest BCUT2D eigenvalue weighted by Gasteiger charge is 2.27. The number of carbonyl (C=O) groups excluding carboxylic acids is 2. The summed E-state index contributed by atoms with van der Waals surface area (Å²) in [6, 6.07) is -0.934. The molecule has 420 valence electrons. The minimum atomic E-state index is -4.72. The second-order valence-corrected chi connectivity index (χ2v) is 22.2. The Kier molecular flexibility index (Phi) is 50.2. The Labute approximate surface area is 449 Å². The zero-order chi connectivity index (χ0) is 53.6. The number of phosphoric acid groups is 1. The van der Waals surface area contributed by atoms with Gasteiger partial charge in [-0.15, -0.1) is 0 Å². The molecule has 10 heteroatoms. The number of phosphoric ester groups is 1. The van der Waals surface area contributed by atoms with Crippen LogP contribution in [0.1, 0.15) is 239 Å². The number of nitrogens with one attached hydrogen (secondary N) is 1. The molecule has 0 radical (unpaired) electrons. The fourth-order valence-corrected chi connectivity index (χ4v) is 8.67. The number of ether oxygens (including phenoxy) is 1. The van der Waals surface area contributed by atoms with Crippen molar-refractivity contribution in [1.82, 2.24) is 5.32 Å². The number of nitrogens with zero attached hydrogens (tertiary/aromatic N) is 1. The molecule has 0 saturated heterocycles. The predicted molar refractivity (Wildman–Crippen MR) is 311 cm³/mol. The molecular weight excluding hydrogens is 928 g/mol. The molecule has 1 amide bonds. The van der Waals surface area contributed by atoms with Crippen molar-refractivity contribution in [2.24, 2.45) is 0 Å². The summed E-state index contributed by atoms with van der Waals surface area (Å²) in [5.41, 5.74) is 0. The third-order valence-corrected chi connectivity index (χ3v) is 13.5. The van der Waals surface area contributed by atoms with E-state index in [1.165, 1.54) is 109 Å².